The van der Waals surface area contributed by atoms with E-state index in [1.807, 2.05) is 18.7 Å². The molecule has 1 aliphatic rings. The average Bonchev–Trinajstić information content (AvgIpc) is 2.63. The molecule has 1 atom stereocenters. The fourth-order valence-electron chi connectivity index (χ4n) is 2.34. The lowest BCUT2D eigenvalue weighted by molar-refractivity contribution is -0.134. The average molecular weight is 252 g/mol. The number of carbonyl (C=O) groups is 1. The van der Waals surface area contributed by atoms with Crippen LogP contribution in [0.1, 0.15) is 43.7 Å². The first-order valence-electron chi connectivity index (χ1n) is 6.03. The molecule has 0 spiro atoms. The Kier molecular flexibility index (Phi) is 3.27. The Hall–Kier alpha value is -0.870. The van der Waals surface area contributed by atoms with Crippen molar-refractivity contribution in [3.05, 3.63) is 21.9 Å². The molecule has 0 aromatic carbocycles. The van der Waals surface area contributed by atoms with E-state index in [1.54, 1.807) is 11.3 Å². The maximum absolute atomic E-state index is 12.2. The van der Waals surface area contributed by atoms with E-state index in [4.69, 9.17) is 5.73 Å². The smallest absolute Gasteiger partial charge is 0.224 e. The van der Waals surface area contributed by atoms with Crippen molar-refractivity contribution in [2.45, 2.75) is 45.2 Å². The second-order valence-electron chi connectivity index (χ2n) is 5.48. The van der Waals surface area contributed by atoms with Crippen LogP contribution in [0.4, 0.5) is 0 Å². The van der Waals surface area contributed by atoms with E-state index < -0.39 is 5.54 Å². The summed E-state index contributed by atoms with van der Waals surface area (Å²) in [4.78, 5) is 15.6. The molecule has 3 nitrogen and oxygen atoms in total. The number of thiophene rings is 1. The molecular formula is C13H20N2OS. The van der Waals surface area contributed by atoms with Crippen molar-refractivity contribution in [3.63, 3.8) is 0 Å². The molecule has 2 rings (SSSR count). The Bertz CT molecular complexity index is 419. The number of nitrogens with two attached hydrogens (primary N) is 1. The van der Waals surface area contributed by atoms with Crippen LogP contribution in [0.25, 0.3) is 0 Å². The van der Waals surface area contributed by atoms with Crippen molar-refractivity contribution in [1.29, 1.82) is 0 Å². The molecule has 1 amide bonds. The topological polar surface area (TPSA) is 46.3 Å². The molecule has 0 saturated carbocycles. The van der Waals surface area contributed by atoms with Gasteiger partial charge in [0.1, 0.15) is 0 Å². The number of hydrogen-bond acceptors (Lipinski definition) is 3. The lowest BCUT2D eigenvalue weighted by Gasteiger charge is -2.35. The number of amides is 1. The van der Waals surface area contributed by atoms with Crippen LogP contribution in [0, 0.1) is 0 Å². The van der Waals surface area contributed by atoms with Gasteiger partial charge in [-0.1, -0.05) is 0 Å². The molecule has 1 aliphatic heterocycles. The van der Waals surface area contributed by atoms with Crippen molar-refractivity contribution < 1.29 is 4.79 Å². The van der Waals surface area contributed by atoms with Crippen molar-refractivity contribution in [2.75, 3.05) is 6.54 Å². The molecule has 1 aromatic heterocycles. The Morgan fingerprint density at radius 3 is 3.00 bits per heavy atom. The highest BCUT2D eigenvalue weighted by atomic mass is 32.1. The highest BCUT2D eigenvalue weighted by Gasteiger charge is 2.30. The van der Waals surface area contributed by atoms with Crippen molar-refractivity contribution in [1.82, 2.24) is 4.90 Å². The van der Waals surface area contributed by atoms with Gasteiger partial charge in [-0.25, -0.2) is 0 Å². The standard InChI is InChI=1S/C13H20N2OS/c1-9-10-5-7-17-11(10)4-6-15(9)12(16)8-13(2,3)14/h5,7,9H,4,6,8,14H2,1-3H3. The first kappa shape index (κ1) is 12.6. The molecule has 0 saturated heterocycles. The van der Waals surface area contributed by atoms with E-state index in [0.717, 1.165) is 13.0 Å². The lowest BCUT2D eigenvalue weighted by Crippen LogP contribution is -2.44. The molecule has 0 bridgehead atoms. The first-order chi connectivity index (χ1) is 7.88. The lowest BCUT2D eigenvalue weighted by atomic mass is 9.97. The van der Waals surface area contributed by atoms with Gasteiger partial charge < -0.3 is 10.6 Å². The van der Waals surface area contributed by atoms with Crippen LogP contribution in [0.3, 0.4) is 0 Å². The molecule has 0 radical (unpaired) electrons. The van der Waals surface area contributed by atoms with Gasteiger partial charge in [-0.15, -0.1) is 11.3 Å². The predicted molar refractivity (Wildman–Crippen MR) is 71.0 cm³/mol. The Labute approximate surface area is 107 Å². The largest absolute Gasteiger partial charge is 0.335 e. The molecule has 94 valence electrons. The number of nitrogens with zero attached hydrogens (tertiary/aromatic N) is 1. The summed E-state index contributed by atoms with van der Waals surface area (Å²) in [6.07, 6.45) is 1.39. The fraction of sp³-hybridized carbons (Fsp3) is 0.615. The Morgan fingerprint density at radius 2 is 2.35 bits per heavy atom. The minimum atomic E-state index is -0.425. The quantitative estimate of drug-likeness (QED) is 0.878. The molecule has 2 heterocycles. The fourth-order valence-corrected chi connectivity index (χ4v) is 3.30. The molecule has 0 fully saturated rings. The minimum Gasteiger partial charge on any atom is -0.335 e. The summed E-state index contributed by atoms with van der Waals surface area (Å²) in [7, 11) is 0. The summed E-state index contributed by atoms with van der Waals surface area (Å²) in [5.74, 6) is 0.168. The van der Waals surface area contributed by atoms with Crippen LogP contribution in [0.15, 0.2) is 11.4 Å². The molecule has 17 heavy (non-hydrogen) atoms. The maximum atomic E-state index is 12.2. The van der Waals surface area contributed by atoms with Gasteiger partial charge in [-0.05, 0) is 44.2 Å². The Morgan fingerprint density at radius 1 is 1.65 bits per heavy atom. The SMILES string of the molecule is CC1c2ccsc2CCN1C(=O)CC(C)(C)N. The van der Waals surface area contributed by atoms with E-state index in [9.17, 15) is 4.79 Å². The zero-order valence-corrected chi connectivity index (χ0v) is 11.5. The maximum Gasteiger partial charge on any atom is 0.224 e. The molecule has 4 heteroatoms. The van der Waals surface area contributed by atoms with E-state index in [-0.39, 0.29) is 11.9 Å². The summed E-state index contributed by atoms with van der Waals surface area (Å²) in [6, 6.07) is 2.33. The van der Waals surface area contributed by atoms with Crippen molar-refractivity contribution in [3.8, 4) is 0 Å². The van der Waals surface area contributed by atoms with Gasteiger partial charge in [-0.2, -0.15) is 0 Å². The van der Waals surface area contributed by atoms with Gasteiger partial charge >= 0.3 is 0 Å². The van der Waals surface area contributed by atoms with Crippen LogP contribution in [-0.4, -0.2) is 22.9 Å². The number of carbonyl (C=O) groups excluding carboxylic acids is 1. The van der Waals surface area contributed by atoms with Crippen LogP contribution >= 0.6 is 11.3 Å². The first-order valence-corrected chi connectivity index (χ1v) is 6.91. The van der Waals surface area contributed by atoms with E-state index in [0.29, 0.717) is 6.42 Å². The summed E-state index contributed by atoms with van der Waals surface area (Å²) < 4.78 is 0. The van der Waals surface area contributed by atoms with Crippen molar-refractivity contribution >= 4 is 17.2 Å². The van der Waals surface area contributed by atoms with E-state index >= 15 is 0 Å². The third-order valence-corrected chi connectivity index (χ3v) is 4.20. The van der Waals surface area contributed by atoms with Gasteiger partial charge in [-0.3, -0.25) is 4.79 Å². The van der Waals surface area contributed by atoms with Gasteiger partial charge in [0.05, 0.1) is 6.04 Å². The van der Waals surface area contributed by atoms with Crippen LogP contribution in [0.2, 0.25) is 0 Å². The zero-order valence-electron chi connectivity index (χ0n) is 10.7. The number of rotatable bonds is 2. The second-order valence-corrected chi connectivity index (χ2v) is 6.48. The molecule has 1 aromatic rings. The highest BCUT2D eigenvalue weighted by molar-refractivity contribution is 7.10. The van der Waals surface area contributed by atoms with Gasteiger partial charge in [0.2, 0.25) is 5.91 Å². The molecule has 2 N–H and O–H groups in total. The minimum absolute atomic E-state index is 0.168. The van der Waals surface area contributed by atoms with Crippen LogP contribution in [0.5, 0.6) is 0 Å². The summed E-state index contributed by atoms with van der Waals surface area (Å²) in [5.41, 5.74) is 6.80. The summed E-state index contributed by atoms with van der Waals surface area (Å²) in [6.45, 7) is 6.72. The molecule has 1 unspecified atom stereocenters. The summed E-state index contributed by atoms with van der Waals surface area (Å²) >= 11 is 1.79. The molecular weight excluding hydrogens is 232 g/mol. The van der Waals surface area contributed by atoms with E-state index in [1.165, 1.54) is 10.4 Å². The zero-order chi connectivity index (χ0) is 12.6. The number of hydrogen-bond donors (Lipinski definition) is 1. The highest BCUT2D eigenvalue weighted by Crippen LogP contribution is 2.33. The summed E-state index contributed by atoms with van der Waals surface area (Å²) in [5, 5.41) is 2.11. The predicted octanol–water partition coefficient (Wildman–Crippen LogP) is 2.32. The second kappa shape index (κ2) is 4.42. The van der Waals surface area contributed by atoms with Gasteiger partial charge in [0.15, 0.2) is 0 Å². The molecule has 0 aliphatic carbocycles. The third-order valence-electron chi connectivity index (χ3n) is 3.20. The third kappa shape index (κ3) is 2.69. The number of fused-ring (bicyclic) bond motifs is 1. The van der Waals surface area contributed by atoms with Crippen LogP contribution in [-0.2, 0) is 11.2 Å². The van der Waals surface area contributed by atoms with Gasteiger partial charge in [0.25, 0.3) is 0 Å². The monoisotopic (exact) mass is 252 g/mol. The van der Waals surface area contributed by atoms with Crippen LogP contribution < -0.4 is 5.73 Å². The van der Waals surface area contributed by atoms with Gasteiger partial charge in [0, 0.05) is 23.4 Å². The normalized spacial score (nSPS) is 20.2. The van der Waals surface area contributed by atoms with Crippen molar-refractivity contribution in [2.24, 2.45) is 5.73 Å². The van der Waals surface area contributed by atoms with E-state index in [2.05, 4.69) is 18.4 Å². The Balaban J connectivity index is 2.12.